The predicted molar refractivity (Wildman–Crippen MR) is 91.4 cm³/mol. The molecule has 0 bridgehead atoms. The van der Waals surface area contributed by atoms with Crippen LogP contribution in [0.3, 0.4) is 0 Å². The Morgan fingerprint density at radius 2 is 2.04 bits per heavy atom. The molecule has 1 fully saturated rings. The van der Waals surface area contributed by atoms with Crippen molar-refractivity contribution in [2.24, 2.45) is 0 Å². The van der Waals surface area contributed by atoms with E-state index >= 15 is 0 Å². The second-order valence-corrected chi connectivity index (χ2v) is 7.94. The molecule has 1 aromatic carbocycles. The molecule has 2 aliphatic heterocycles. The molecular formula is C17H24N2O3S. The predicted octanol–water partition coefficient (Wildman–Crippen LogP) is 2.11. The Morgan fingerprint density at radius 1 is 1.30 bits per heavy atom. The van der Waals surface area contributed by atoms with Gasteiger partial charge in [-0.1, -0.05) is 18.2 Å². The zero-order valence-corrected chi connectivity index (χ0v) is 14.3. The third-order valence-electron chi connectivity index (χ3n) is 4.81. The lowest BCUT2D eigenvalue weighted by Gasteiger charge is -2.32. The fourth-order valence-electron chi connectivity index (χ4n) is 3.30. The van der Waals surface area contributed by atoms with Gasteiger partial charge in [-0.3, -0.25) is 4.21 Å². The van der Waals surface area contributed by atoms with Crippen LogP contribution in [0.4, 0.5) is 4.79 Å². The van der Waals surface area contributed by atoms with E-state index in [1.54, 1.807) is 4.90 Å². The molecular weight excluding hydrogens is 312 g/mol. The lowest BCUT2D eigenvalue weighted by Crippen LogP contribution is -2.47. The maximum atomic E-state index is 12.4. The van der Waals surface area contributed by atoms with Crippen molar-refractivity contribution in [3.63, 3.8) is 0 Å². The number of urea groups is 1. The Labute approximate surface area is 139 Å². The third kappa shape index (κ3) is 3.86. The highest BCUT2D eigenvalue weighted by Gasteiger charge is 2.26. The number of nitrogens with zero attached hydrogens (tertiary/aromatic N) is 1. The van der Waals surface area contributed by atoms with E-state index in [2.05, 4.69) is 11.4 Å². The second kappa shape index (κ2) is 7.34. The Hall–Kier alpha value is -1.56. The van der Waals surface area contributed by atoms with Crippen molar-refractivity contribution in [3.8, 4) is 5.75 Å². The van der Waals surface area contributed by atoms with Crippen LogP contribution in [0.15, 0.2) is 24.3 Å². The molecule has 0 aromatic heterocycles. The van der Waals surface area contributed by atoms with Crippen LogP contribution in [0.25, 0.3) is 0 Å². The molecule has 0 radical (unpaired) electrons. The summed E-state index contributed by atoms with van der Waals surface area (Å²) in [5, 5.41) is 3.06. The van der Waals surface area contributed by atoms with Crippen LogP contribution in [0.1, 0.15) is 30.7 Å². The second-order valence-electron chi connectivity index (χ2n) is 6.25. The number of hydrogen-bond acceptors (Lipinski definition) is 3. The first-order chi connectivity index (χ1) is 11.1. The highest BCUT2D eigenvalue weighted by Crippen LogP contribution is 2.32. The zero-order chi connectivity index (χ0) is 16.2. The van der Waals surface area contributed by atoms with Crippen molar-refractivity contribution in [1.82, 2.24) is 10.2 Å². The average molecular weight is 336 g/mol. The van der Waals surface area contributed by atoms with E-state index in [4.69, 9.17) is 4.74 Å². The van der Waals surface area contributed by atoms with Crippen molar-refractivity contribution in [2.75, 3.05) is 31.7 Å². The van der Waals surface area contributed by atoms with Gasteiger partial charge in [0.05, 0.1) is 6.61 Å². The summed E-state index contributed by atoms with van der Waals surface area (Å²) in [6, 6.07) is 8.21. The Morgan fingerprint density at radius 3 is 2.83 bits per heavy atom. The van der Waals surface area contributed by atoms with E-state index in [0.29, 0.717) is 30.6 Å². The van der Waals surface area contributed by atoms with Crippen molar-refractivity contribution in [3.05, 3.63) is 29.8 Å². The van der Waals surface area contributed by atoms with Gasteiger partial charge < -0.3 is 15.0 Å². The number of carbonyl (C=O) groups excluding carboxylic acids is 1. The van der Waals surface area contributed by atoms with E-state index in [9.17, 15) is 9.00 Å². The summed E-state index contributed by atoms with van der Waals surface area (Å²) >= 11 is 0. The number of benzene rings is 1. The molecule has 3 rings (SSSR count). The van der Waals surface area contributed by atoms with Gasteiger partial charge in [0.1, 0.15) is 5.75 Å². The van der Waals surface area contributed by atoms with Gasteiger partial charge in [0.2, 0.25) is 0 Å². The number of fused-ring (bicyclic) bond motifs is 1. The minimum absolute atomic E-state index is 0.0355. The molecule has 2 aliphatic rings. The van der Waals surface area contributed by atoms with Gasteiger partial charge in [-0.2, -0.15) is 0 Å². The van der Waals surface area contributed by atoms with Gasteiger partial charge in [0.15, 0.2) is 0 Å². The van der Waals surface area contributed by atoms with Crippen molar-refractivity contribution in [2.45, 2.75) is 31.2 Å². The van der Waals surface area contributed by atoms with E-state index in [1.165, 1.54) is 5.56 Å². The van der Waals surface area contributed by atoms with Crippen LogP contribution in [-0.2, 0) is 10.8 Å². The third-order valence-corrected chi connectivity index (χ3v) is 6.19. The maximum absolute atomic E-state index is 12.4. The highest BCUT2D eigenvalue weighted by atomic mass is 32.2. The molecule has 1 saturated heterocycles. The highest BCUT2D eigenvalue weighted by molar-refractivity contribution is 7.85. The number of amides is 2. The van der Waals surface area contributed by atoms with Gasteiger partial charge in [-0.25, -0.2) is 4.79 Å². The van der Waals surface area contributed by atoms with E-state index in [1.807, 2.05) is 25.2 Å². The summed E-state index contributed by atoms with van der Waals surface area (Å²) in [7, 11) is 1.14. The Kier molecular flexibility index (Phi) is 5.20. The number of para-hydroxylation sites is 1. The summed E-state index contributed by atoms with van der Waals surface area (Å²) in [4.78, 5) is 14.2. The number of rotatable bonds is 3. The number of nitrogens with one attached hydrogen (secondary N) is 1. The van der Waals surface area contributed by atoms with Crippen molar-refractivity contribution < 1.29 is 13.7 Å². The number of carbonyl (C=O) groups is 1. The first-order valence-corrected chi connectivity index (χ1v) is 9.71. The van der Waals surface area contributed by atoms with Crippen molar-refractivity contribution >= 4 is 16.8 Å². The smallest absolute Gasteiger partial charge is 0.317 e. The van der Waals surface area contributed by atoms with Gasteiger partial charge in [-0.05, 0) is 30.9 Å². The molecule has 6 heteroatoms. The SMILES string of the molecule is CN(C(=O)NC[C@@H]1CCOc2ccccc21)C1CCS(=O)CC1. The fourth-order valence-corrected chi connectivity index (χ4v) is 4.57. The fraction of sp³-hybridized carbons (Fsp3) is 0.588. The number of ether oxygens (including phenoxy) is 1. The summed E-state index contributed by atoms with van der Waals surface area (Å²) in [5.41, 5.74) is 1.18. The molecule has 1 atom stereocenters. The molecule has 0 unspecified atom stereocenters. The quantitative estimate of drug-likeness (QED) is 0.920. The molecule has 23 heavy (non-hydrogen) atoms. The number of hydrogen-bond donors (Lipinski definition) is 1. The van der Waals surface area contributed by atoms with E-state index < -0.39 is 10.8 Å². The molecule has 1 N–H and O–H groups in total. The Balaban J connectivity index is 1.54. The molecule has 2 heterocycles. The van der Waals surface area contributed by atoms with Crippen LogP contribution < -0.4 is 10.1 Å². The van der Waals surface area contributed by atoms with Crippen LogP contribution >= 0.6 is 0 Å². The first kappa shape index (κ1) is 16.3. The van der Waals surface area contributed by atoms with Crippen LogP contribution in [0.2, 0.25) is 0 Å². The summed E-state index contributed by atoms with van der Waals surface area (Å²) in [5.74, 6) is 2.64. The minimum atomic E-state index is -0.695. The largest absolute Gasteiger partial charge is 0.493 e. The standard InChI is InChI=1S/C17H24N2O3S/c1-19(14-7-10-23(21)11-8-14)17(20)18-12-13-6-9-22-16-5-3-2-4-15(13)16/h2-5,13-14H,6-12H2,1H3,(H,18,20)/t13-,14?,23?/m0/s1. The average Bonchev–Trinajstić information content (AvgIpc) is 2.59. The topological polar surface area (TPSA) is 58.6 Å². The van der Waals surface area contributed by atoms with Gasteiger partial charge >= 0.3 is 6.03 Å². The molecule has 2 amide bonds. The minimum Gasteiger partial charge on any atom is -0.493 e. The zero-order valence-electron chi connectivity index (χ0n) is 13.5. The molecule has 0 aliphatic carbocycles. The normalized spacial score (nSPS) is 26.7. The summed E-state index contributed by atoms with van der Waals surface area (Å²) < 4.78 is 17.1. The lowest BCUT2D eigenvalue weighted by molar-refractivity contribution is 0.184. The summed E-state index contributed by atoms with van der Waals surface area (Å²) in [6.45, 7) is 1.32. The lowest BCUT2D eigenvalue weighted by atomic mass is 9.93. The van der Waals surface area contributed by atoms with E-state index in [0.717, 1.165) is 25.0 Å². The van der Waals surface area contributed by atoms with Gasteiger partial charge in [0, 0.05) is 47.9 Å². The van der Waals surface area contributed by atoms with Crippen LogP contribution in [-0.4, -0.2) is 52.9 Å². The van der Waals surface area contributed by atoms with Crippen LogP contribution in [0, 0.1) is 0 Å². The Bertz CT molecular complexity index is 583. The van der Waals surface area contributed by atoms with Gasteiger partial charge in [0.25, 0.3) is 0 Å². The van der Waals surface area contributed by atoms with Gasteiger partial charge in [-0.15, -0.1) is 0 Å². The molecule has 126 valence electrons. The summed E-state index contributed by atoms with van der Waals surface area (Å²) in [6.07, 6.45) is 2.58. The molecule has 5 nitrogen and oxygen atoms in total. The molecule has 1 aromatic rings. The van der Waals surface area contributed by atoms with Crippen molar-refractivity contribution in [1.29, 1.82) is 0 Å². The van der Waals surface area contributed by atoms with E-state index in [-0.39, 0.29) is 12.1 Å². The molecule has 0 saturated carbocycles. The monoisotopic (exact) mass is 336 g/mol. The first-order valence-electron chi connectivity index (χ1n) is 8.22. The molecule has 0 spiro atoms. The van der Waals surface area contributed by atoms with Crippen LogP contribution in [0.5, 0.6) is 5.75 Å². The maximum Gasteiger partial charge on any atom is 0.317 e.